The quantitative estimate of drug-likeness (QED) is 0.521. The van der Waals surface area contributed by atoms with Crippen molar-refractivity contribution in [2.45, 2.75) is 6.42 Å². The van der Waals surface area contributed by atoms with Crippen LogP contribution in [-0.4, -0.2) is 21.0 Å². The molecule has 0 aliphatic rings. The van der Waals surface area contributed by atoms with Crippen molar-refractivity contribution in [3.63, 3.8) is 0 Å². The number of aromatic amines is 1. The Hall–Kier alpha value is -1.85. The van der Waals surface area contributed by atoms with Gasteiger partial charge in [-0.05, 0) is 0 Å². The molecular weight excluding hydrogens is 164 g/mol. The summed E-state index contributed by atoms with van der Waals surface area (Å²) in [6.45, 7) is 0. The number of H-pyrrole nitrogens is 1. The Morgan fingerprint density at radius 2 is 2.42 bits per heavy atom. The summed E-state index contributed by atoms with van der Waals surface area (Å²) < 4.78 is 0. The summed E-state index contributed by atoms with van der Waals surface area (Å²) in [6, 6.07) is 0.846. The number of aromatic hydroxyl groups is 1. The Kier molecular flexibility index (Phi) is 2.09. The van der Waals surface area contributed by atoms with E-state index >= 15 is 0 Å². The van der Waals surface area contributed by atoms with Gasteiger partial charge in [0.25, 0.3) is 5.56 Å². The largest absolute Gasteiger partial charge is 0.550 e. The summed E-state index contributed by atoms with van der Waals surface area (Å²) >= 11 is 0. The van der Waals surface area contributed by atoms with Crippen LogP contribution in [0.2, 0.25) is 0 Å². The molecule has 0 radical (unpaired) electrons. The van der Waals surface area contributed by atoms with Crippen LogP contribution in [0.3, 0.4) is 0 Å². The molecule has 64 valence electrons. The highest BCUT2D eigenvalue weighted by Crippen LogP contribution is 1.97. The van der Waals surface area contributed by atoms with E-state index in [2.05, 4.69) is 9.97 Å². The predicted molar refractivity (Wildman–Crippen MR) is 35.2 cm³/mol. The van der Waals surface area contributed by atoms with E-state index in [0.717, 1.165) is 6.07 Å². The maximum absolute atomic E-state index is 10.6. The number of rotatable bonds is 2. The summed E-state index contributed by atoms with van der Waals surface area (Å²) in [5.74, 6) is -2.00. The van der Waals surface area contributed by atoms with Crippen molar-refractivity contribution in [2.24, 2.45) is 0 Å². The zero-order valence-corrected chi connectivity index (χ0v) is 5.90. The van der Waals surface area contributed by atoms with Crippen molar-refractivity contribution in [3.05, 3.63) is 22.2 Å². The highest BCUT2D eigenvalue weighted by Gasteiger charge is 1.99. The average molecular weight is 169 g/mol. The third-order valence-electron chi connectivity index (χ3n) is 1.09. The zero-order chi connectivity index (χ0) is 9.14. The maximum atomic E-state index is 10.6. The van der Waals surface area contributed by atoms with Crippen molar-refractivity contribution in [3.8, 4) is 5.88 Å². The van der Waals surface area contributed by atoms with Crippen LogP contribution in [0, 0.1) is 0 Å². The normalized spacial score (nSPS) is 9.67. The first-order valence-corrected chi connectivity index (χ1v) is 3.07. The van der Waals surface area contributed by atoms with E-state index in [1.54, 1.807) is 0 Å². The maximum Gasteiger partial charge on any atom is 0.254 e. The molecule has 0 aliphatic heterocycles. The second-order valence-electron chi connectivity index (χ2n) is 2.10. The first-order valence-electron chi connectivity index (χ1n) is 3.07. The highest BCUT2D eigenvalue weighted by atomic mass is 16.4. The molecule has 0 atom stereocenters. The molecule has 0 aromatic carbocycles. The molecule has 0 saturated carbocycles. The van der Waals surface area contributed by atoms with E-state index in [0.29, 0.717) is 0 Å². The number of nitrogens with zero attached hydrogens (tertiary/aromatic N) is 1. The number of carboxylic acid groups (broad SMARTS) is 1. The number of nitrogens with one attached hydrogen (secondary N) is 1. The van der Waals surface area contributed by atoms with E-state index in [-0.39, 0.29) is 5.82 Å². The second-order valence-corrected chi connectivity index (χ2v) is 2.10. The lowest BCUT2D eigenvalue weighted by Crippen LogP contribution is -2.26. The molecule has 6 heteroatoms. The molecule has 0 amide bonds. The van der Waals surface area contributed by atoms with Crippen LogP contribution < -0.4 is 10.7 Å². The smallest absolute Gasteiger partial charge is 0.254 e. The summed E-state index contributed by atoms with van der Waals surface area (Å²) in [5, 5.41) is 18.8. The van der Waals surface area contributed by atoms with Crippen LogP contribution in [-0.2, 0) is 11.2 Å². The van der Waals surface area contributed by atoms with Gasteiger partial charge in [-0.15, -0.1) is 0 Å². The molecule has 0 unspecified atom stereocenters. The second kappa shape index (κ2) is 3.04. The third kappa shape index (κ3) is 2.08. The lowest BCUT2D eigenvalue weighted by atomic mass is 10.4. The molecule has 1 aromatic heterocycles. The first-order chi connectivity index (χ1) is 5.58. The Bertz CT molecular complexity index is 357. The Labute approximate surface area is 66.5 Å². The first kappa shape index (κ1) is 8.25. The molecule has 0 bridgehead atoms. The minimum absolute atomic E-state index is 0.125. The van der Waals surface area contributed by atoms with Crippen LogP contribution in [0.5, 0.6) is 5.88 Å². The molecule has 2 N–H and O–H groups in total. The van der Waals surface area contributed by atoms with Gasteiger partial charge in [-0.3, -0.25) is 4.79 Å². The van der Waals surface area contributed by atoms with E-state index in [9.17, 15) is 14.7 Å². The fourth-order valence-electron chi connectivity index (χ4n) is 0.714. The van der Waals surface area contributed by atoms with Crippen molar-refractivity contribution >= 4 is 5.97 Å². The highest BCUT2D eigenvalue weighted by molar-refractivity contribution is 5.66. The lowest BCUT2D eigenvalue weighted by Gasteiger charge is -2.00. The van der Waals surface area contributed by atoms with Gasteiger partial charge in [-0.25, -0.2) is 0 Å². The molecule has 0 aliphatic carbocycles. The number of carboxylic acids is 1. The van der Waals surface area contributed by atoms with Gasteiger partial charge in [0.1, 0.15) is 5.82 Å². The fraction of sp³-hybridized carbons (Fsp3) is 0.167. The van der Waals surface area contributed by atoms with Crippen molar-refractivity contribution in [2.75, 3.05) is 0 Å². The minimum atomic E-state index is -1.37. The number of aliphatic carboxylic acids is 1. The third-order valence-corrected chi connectivity index (χ3v) is 1.09. The topological polar surface area (TPSA) is 106 Å². The molecule has 0 spiro atoms. The Balaban J connectivity index is 3.01. The zero-order valence-electron chi connectivity index (χ0n) is 5.90. The Morgan fingerprint density at radius 1 is 1.75 bits per heavy atom. The van der Waals surface area contributed by atoms with Crippen molar-refractivity contribution in [1.29, 1.82) is 0 Å². The van der Waals surface area contributed by atoms with Gasteiger partial charge in [0, 0.05) is 12.4 Å². The number of hydrogen-bond donors (Lipinski definition) is 2. The van der Waals surface area contributed by atoms with Crippen LogP contribution in [0.1, 0.15) is 5.82 Å². The van der Waals surface area contributed by atoms with Gasteiger partial charge in [0.15, 0.2) is 0 Å². The van der Waals surface area contributed by atoms with Gasteiger partial charge >= 0.3 is 0 Å². The predicted octanol–water partition coefficient (Wildman–Crippen LogP) is -2.23. The van der Waals surface area contributed by atoms with Gasteiger partial charge in [-0.2, -0.15) is 4.98 Å². The average Bonchev–Trinajstić information content (AvgIpc) is 1.81. The molecule has 6 nitrogen and oxygen atoms in total. The van der Waals surface area contributed by atoms with E-state index in [4.69, 9.17) is 5.11 Å². The summed E-state index contributed by atoms with van der Waals surface area (Å²) in [5.41, 5.74) is -0.598. The summed E-state index contributed by atoms with van der Waals surface area (Å²) in [4.78, 5) is 26.1. The van der Waals surface area contributed by atoms with E-state index in [1.807, 2.05) is 0 Å². The number of hydrogen-bond acceptors (Lipinski definition) is 5. The van der Waals surface area contributed by atoms with Crippen molar-refractivity contribution < 1.29 is 15.0 Å². The minimum Gasteiger partial charge on any atom is -0.550 e. The monoisotopic (exact) mass is 169 g/mol. The molecule has 1 aromatic rings. The number of aromatic nitrogens is 2. The summed E-state index contributed by atoms with van der Waals surface area (Å²) in [6.07, 6.45) is -0.524. The standard InChI is InChI=1S/C6H6N2O4/c9-4-2-5(10)8-3(7-4)1-6(11)12/h2H,1H2,(H,11,12)(H2,7,8,9,10)/p-1. The molecule has 0 fully saturated rings. The van der Waals surface area contributed by atoms with Crippen molar-refractivity contribution in [1.82, 2.24) is 9.97 Å². The SMILES string of the molecule is O=C([O-])Cc1nc(O)cc(=O)[nH]1. The molecule has 0 saturated heterocycles. The molecule has 1 heterocycles. The summed E-state index contributed by atoms with van der Waals surface area (Å²) in [7, 11) is 0. The van der Waals surface area contributed by atoms with Crippen LogP contribution >= 0.6 is 0 Å². The van der Waals surface area contributed by atoms with Crippen LogP contribution in [0.25, 0.3) is 0 Å². The van der Waals surface area contributed by atoms with Gasteiger partial charge < -0.3 is 20.0 Å². The molecule has 12 heavy (non-hydrogen) atoms. The fourth-order valence-corrected chi connectivity index (χ4v) is 0.714. The van der Waals surface area contributed by atoms with Crippen LogP contribution in [0.4, 0.5) is 0 Å². The molecule has 1 rings (SSSR count). The van der Waals surface area contributed by atoms with Crippen LogP contribution in [0.15, 0.2) is 10.9 Å². The Morgan fingerprint density at radius 3 is 2.92 bits per heavy atom. The van der Waals surface area contributed by atoms with Gasteiger partial charge in [-0.1, -0.05) is 0 Å². The lowest BCUT2D eigenvalue weighted by molar-refractivity contribution is -0.304. The number of carbonyl (C=O) groups is 1. The van der Waals surface area contributed by atoms with Gasteiger partial charge in [0.05, 0.1) is 6.07 Å². The number of carbonyl (C=O) groups excluding carboxylic acids is 1. The van der Waals surface area contributed by atoms with Gasteiger partial charge in [0.2, 0.25) is 5.88 Å². The molecular formula is C6H5N2O4-. The van der Waals surface area contributed by atoms with E-state index in [1.165, 1.54) is 0 Å². The van der Waals surface area contributed by atoms with E-state index < -0.39 is 23.8 Å².